The Labute approximate surface area is 151 Å². The number of nitrogens with zero attached hydrogens (tertiary/aromatic N) is 3. The van der Waals surface area contributed by atoms with Crippen LogP contribution in [0.2, 0.25) is 0 Å². The highest BCUT2D eigenvalue weighted by atomic mass is 79.9. The van der Waals surface area contributed by atoms with E-state index in [0.29, 0.717) is 28.0 Å². The average Bonchev–Trinajstić information content (AvgIpc) is 3.17. The van der Waals surface area contributed by atoms with Gasteiger partial charge in [-0.15, -0.1) is 10.2 Å². The van der Waals surface area contributed by atoms with Gasteiger partial charge in [-0.05, 0) is 33.6 Å². The molecule has 3 rings (SSSR count). The summed E-state index contributed by atoms with van der Waals surface area (Å²) < 4.78 is 7.92. The molecule has 8 heteroatoms. The minimum atomic E-state index is -0.0471. The van der Waals surface area contributed by atoms with E-state index in [9.17, 15) is 4.79 Å². The Morgan fingerprint density at radius 1 is 1.25 bits per heavy atom. The quantitative estimate of drug-likeness (QED) is 0.636. The van der Waals surface area contributed by atoms with E-state index in [2.05, 4.69) is 31.4 Å². The molecule has 0 radical (unpaired) electrons. The fraction of sp³-hybridized carbons (Fsp3) is 0.188. The van der Waals surface area contributed by atoms with Crippen molar-refractivity contribution < 1.29 is 9.21 Å². The molecular weight excluding hydrogens is 392 g/mol. The molecule has 0 aliphatic heterocycles. The number of hydrogen-bond donors (Lipinski definition) is 1. The zero-order valence-corrected chi connectivity index (χ0v) is 15.3. The predicted molar refractivity (Wildman–Crippen MR) is 95.4 cm³/mol. The minimum absolute atomic E-state index is 0.0471. The lowest BCUT2D eigenvalue weighted by Crippen LogP contribution is -2.24. The first-order chi connectivity index (χ1) is 11.6. The second kappa shape index (κ2) is 7.67. The van der Waals surface area contributed by atoms with E-state index in [0.717, 1.165) is 5.56 Å². The monoisotopic (exact) mass is 406 g/mol. The van der Waals surface area contributed by atoms with Crippen molar-refractivity contribution in [3.8, 4) is 11.6 Å². The summed E-state index contributed by atoms with van der Waals surface area (Å²) in [5, 5.41) is 11.8. The Balaban J connectivity index is 1.55. The normalized spacial score (nSPS) is 10.8. The van der Waals surface area contributed by atoms with Crippen molar-refractivity contribution >= 4 is 33.6 Å². The Morgan fingerprint density at radius 3 is 2.75 bits per heavy atom. The van der Waals surface area contributed by atoms with E-state index in [1.165, 1.54) is 11.8 Å². The van der Waals surface area contributed by atoms with Gasteiger partial charge in [0.05, 0.1) is 5.75 Å². The number of furan rings is 1. The molecule has 0 saturated heterocycles. The van der Waals surface area contributed by atoms with Gasteiger partial charge in [-0.25, -0.2) is 0 Å². The first kappa shape index (κ1) is 16.8. The third kappa shape index (κ3) is 4.07. The number of thioether (sulfide) groups is 1. The second-order valence-electron chi connectivity index (χ2n) is 5.02. The van der Waals surface area contributed by atoms with Gasteiger partial charge in [-0.3, -0.25) is 4.79 Å². The van der Waals surface area contributed by atoms with Crippen molar-refractivity contribution in [1.29, 1.82) is 0 Å². The van der Waals surface area contributed by atoms with Gasteiger partial charge in [-0.1, -0.05) is 42.1 Å². The van der Waals surface area contributed by atoms with E-state index < -0.39 is 0 Å². The van der Waals surface area contributed by atoms with Crippen molar-refractivity contribution in [2.24, 2.45) is 7.05 Å². The highest BCUT2D eigenvalue weighted by Gasteiger charge is 2.15. The molecule has 124 valence electrons. The summed E-state index contributed by atoms with van der Waals surface area (Å²) in [6.45, 7) is 0.519. The van der Waals surface area contributed by atoms with Crippen molar-refractivity contribution in [2.45, 2.75) is 11.7 Å². The van der Waals surface area contributed by atoms with Crippen LogP contribution in [0.3, 0.4) is 0 Å². The van der Waals surface area contributed by atoms with Gasteiger partial charge >= 0.3 is 0 Å². The smallest absolute Gasteiger partial charge is 0.230 e. The summed E-state index contributed by atoms with van der Waals surface area (Å²) >= 11 is 4.60. The summed E-state index contributed by atoms with van der Waals surface area (Å²) in [6, 6.07) is 13.4. The topological polar surface area (TPSA) is 73.0 Å². The van der Waals surface area contributed by atoms with E-state index in [-0.39, 0.29) is 11.7 Å². The zero-order chi connectivity index (χ0) is 16.9. The van der Waals surface area contributed by atoms with Crippen LogP contribution in [0, 0.1) is 0 Å². The maximum Gasteiger partial charge on any atom is 0.230 e. The molecule has 1 amide bonds. The van der Waals surface area contributed by atoms with Crippen LogP contribution in [0.4, 0.5) is 0 Å². The Bertz CT molecular complexity index is 832. The number of carbonyl (C=O) groups is 1. The molecule has 0 fully saturated rings. The number of halogens is 1. The lowest BCUT2D eigenvalue weighted by molar-refractivity contribution is -0.118. The first-order valence-electron chi connectivity index (χ1n) is 7.22. The molecule has 0 unspecified atom stereocenters. The number of aromatic nitrogens is 3. The largest absolute Gasteiger partial charge is 0.446 e. The lowest BCUT2D eigenvalue weighted by atomic mass is 10.2. The van der Waals surface area contributed by atoms with Crippen molar-refractivity contribution in [1.82, 2.24) is 20.1 Å². The summed E-state index contributed by atoms with van der Waals surface area (Å²) in [5.74, 6) is 1.47. The van der Waals surface area contributed by atoms with Crippen LogP contribution in [0.5, 0.6) is 0 Å². The van der Waals surface area contributed by atoms with Gasteiger partial charge in [0, 0.05) is 13.6 Å². The molecule has 0 atom stereocenters. The highest BCUT2D eigenvalue weighted by Crippen LogP contribution is 2.26. The number of nitrogens with one attached hydrogen (secondary N) is 1. The number of amides is 1. The highest BCUT2D eigenvalue weighted by molar-refractivity contribution is 9.10. The van der Waals surface area contributed by atoms with Crippen LogP contribution in [-0.4, -0.2) is 26.4 Å². The van der Waals surface area contributed by atoms with Crippen molar-refractivity contribution in [3.05, 3.63) is 52.7 Å². The molecule has 0 saturated carbocycles. The molecule has 1 aromatic carbocycles. The molecular formula is C16H15BrN4O2S. The molecule has 24 heavy (non-hydrogen) atoms. The van der Waals surface area contributed by atoms with Crippen LogP contribution in [-0.2, 0) is 18.4 Å². The van der Waals surface area contributed by atoms with E-state index in [1.54, 1.807) is 10.6 Å². The van der Waals surface area contributed by atoms with Gasteiger partial charge in [0.1, 0.15) is 0 Å². The average molecular weight is 407 g/mol. The molecule has 3 aromatic rings. The fourth-order valence-electron chi connectivity index (χ4n) is 2.07. The van der Waals surface area contributed by atoms with Crippen LogP contribution in [0.1, 0.15) is 5.56 Å². The zero-order valence-electron chi connectivity index (χ0n) is 12.9. The Morgan fingerprint density at radius 2 is 2.04 bits per heavy atom. The SMILES string of the molecule is Cn1c(SCC(=O)NCc2ccccc2)nnc1-c1ccc(Br)o1. The van der Waals surface area contributed by atoms with Gasteiger partial charge in [0.2, 0.25) is 5.91 Å². The molecule has 0 aliphatic rings. The predicted octanol–water partition coefficient (Wildman–Crippen LogP) is 3.25. The maximum atomic E-state index is 12.0. The van der Waals surface area contributed by atoms with Gasteiger partial charge in [0.25, 0.3) is 0 Å². The molecule has 6 nitrogen and oxygen atoms in total. The Kier molecular flexibility index (Phi) is 5.37. The number of carbonyl (C=O) groups excluding carboxylic acids is 1. The summed E-state index contributed by atoms with van der Waals surface area (Å²) in [4.78, 5) is 12.0. The van der Waals surface area contributed by atoms with Gasteiger partial charge < -0.3 is 14.3 Å². The number of hydrogen-bond acceptors (Lipinski definition) is 5. The molecule has 0 spiro atoms. The van der Waals surface area contributed by atoms with Gasteiger partial charge in [-0.2, -0.15) is 0 Å². The van der Waals surface area contributed by atoms with Gasteiger partial charge in [0.15, 0.2) is 21.4 Å². The summed E-state index contributed by atoms with van der Waals surface area (Å²) in [5.41, 5.74) is 1.07. The number of benzene rings is 1. The van der Waals surface area contributed by atoms with Crippen LogP contribution in [0.25, 0.3) is 11.6 Å². The second-order valence-corrected chi connectivity index (χ2v) is 6.74. The standard InChI is InChI=1S/C16H15BrN4O2S/c1-21-15(12-7-8-13(17)23-12)19-20-16(21)24-10-14(22)18-9-11-5-3-2-4-6-11/h2-8H,9-10H2,1H3,(H,18,22). The summed E-state index contributed by atoms with van der Waals surface area (Å²) in [6.07, 6.45) is 0. The fourth-order valence-corrected chi connectivity index (χ4v) is 3.11. The summed E-state index contributed by atoms with van der Waals surface area (Å²) in [7, 11) is 1.84. The van der Waals surface area contributed by atoms with Crippen molar-refractivity contribution in [2.75, 3.05) is 5.75 Å². The van der Waals surface area contributed by atoms with Crippen LogP contribution in [0.15, 0.2) is 56.7 Å². The first-order valence-corrected chi connectivity index (χ1v) is 9.00. The van der Waals surface area contributed by atoms with Crippen LogP contribution < -0.4 is 5.32 Å². The lowest BCUT2D eigenvalue weighted by Gasteiger charge is -2.05. The minimum Gasteiger partial charge on any atom is -0.446 e. The van der Waals surface area contributed by atoms with E-state index >= 15 is 0 Å². The van der Waals surface area contributed by atoms with E-state index in [4.69, 9.17) is 4.42 Å². The molecule has 2 aromatic heterocycles. The third-order valence-electron chi connectivity index (χ3n) is 3.29. The number of rotatable bonds is 6. The van der Waals surface area contributed by atoms with Crippen molar-refractivity contribution in [3.63, 3.8) is 0 Å². The third-order valence-corrected chi connectivity index (χ3v) is 4.74. The molecule has 2 heterocycles. The molecule has 0 aliphatic carbocycles. The molecule has 1 N–H and O–H groups in total. The maximum absolute atomic E-state index is 12.0. The van der Waals surface area contributed by atoms with Crippen LogP contribution >= 0.6 is 27.7 Å². The Hall–Kier alpha value is -2.06. The molecule has 0 bridgehead atoms. The van der Waals surface area contributed by atoms with E-state index in [1.807, 2.05) is 43.4 Å².